The lowest BCUT2D eigenvalue weighted by Gasteiger charge is -2.27. The fraction of sp³-hybridized carbons (Fsp3) is 0.300. The topological polar surface area (TPSA) is 75.8 Å². The molecule has 1 heterocycles. The number of ether oxygens (including phenoxy) is 1. The summed E-state index contributed by atoms with van der Waals surface area (Å²) in [5.74, 6) is 0.104. The van der Waals surface area contributed by atoms with Crippen molar-refractivity contribution in [2.45, 2.75) is 12.5 Å². The summed E-state index contributed by atoms with van der Waals surface area (Å²) in [6.07, 6.45) is 0.440. The Balaban J connectivity index is 2.47. The van der Waals surface area contributed by atoms with Gasteiger partial charge in [0.2, 0.25) is 0 Å². The third-order valence-corrected chi connectivity index (χ3v) is 2.49. The van der Waals surface area contributed by atoms with E-state index < -0.39 is 11.9 Å². The first-order valence-electron chi connectivity index (χ1n) is 4.59. The van der Waals surface area contributed by atoms with Gasteiger partial charge < -0.3 is 10.5 Å². The largest absolute Gasteiger partial charge is 0.497 e. The average Bonchev–Trinajstić information content (AvgIpc) is 2.26. The van der Waals surface area contributed by atoms with Crippen LogP contribution in [-0.2, 0) is 11.2 Å². The molecule has 1 amide bonds. The first-order chi connectivity index (χ1) is 7.13. The summed E-state index contributed by atoms with van der Waals surface area (Å²) in [5.41, 5.74) is 6.86. The van der Waals surface area contributed by atoms with Crippen LogP contribution in [0.5, 0.6) is 5.75 Å². The number of carbonyl (C=O) groups excluding carboxylic acids is 1. The van der Waals surface area contributed by atoms with E-state index >= 15 is 0 Å². The average molecular weight is 208 g/mol. The Morgan fingerprint density at radius 3 is 3.00 bits per heavy atom. The standard InChI is InChI=1S/C10H12N2O3/c1-15-7-3-2-6-4-8(11)10(13)12(14)9(6)5-7/h2-3,5,8,14H,4,11H2,1H3/t8-/m0/s1. The molecule has 0 bridgehead atoms. The summed E-state index contributed by atoms with van der Waals surface area (Å²) < 4.78 is 5.01. The van der Waals surface area contributed by atoms with Crippen LogP contribution in [0.3, 0.4) is 0 Å². The number of amides is 1. The third kappa shape index (κ3) is 1.55. The molecule has 1 aromatic carbocycles. The van der Waals surface area contributed by atoms with E-state index in [-0.39, 0.29) is 0 Å². The Morgan fingerprint density at radius 2 is 2.33 bits per heavy atom. The number of rotatable bonds is 1. The lowest BCUT2D eigenvalue weighted by molar-refractivity contribution is -0.125. The number of nitrogens with zero attached hydrogens (tertiary/aromatic N) is 1. The van der Waals surface area contributed by atoms with Crippen molar-refractivity contribution in [3.8, 4) is 5.75 Å². The number of methoxy groups -OCH3 is 1. The normalized spacial score (nSPS) is 20.1. The smallest absolute Gasteiger partial charge is 0.267 e. The molecule has 0 aromatic heterocycles. The van der Waals surface area contributed by atoms with Crippen molar-refractivity contribution >= 4 is 11.6 Å². The highest BCUT2D eigenvalue weighted by Crippen LogP contribution is 2.29. The summed E-state index contributed by atoms with van der Waals surface area (Å²) in [4.78, 5) is 11.4. The van der Waals surface area contributed by atoms with Crippen molar-refractivity contribution in [2.75, 3.05) is 12.2 Å². The van der Waals surface area contributed by atoms with Gasteiger partial charge in [-0.3, -0.25) is 10.0 Å². The van der Waals surface area contributed by atoms with E-state index in [4.69, 9.17) is 10.5 Å². The highest BCUT2D eigenvalue weighted by atomic mass is 16.5. The second-order valence-electron chi connectivity index (χ2n) is 3.46. The van der Waals surface area contributed by atoms with E-state index in [1.807, 2.05) is 0 Å². The van der Waals surface area contributed by atoms with Gasteiger partial charge in [0.15, 0.2) is 0 Å². The minimum absolute atomic E-state index is 0.440. The van der Waals surface area contributed by atoms with E-state index in [0.717, 1.165) is 5.56 Å². The molecule has 1 aliphatic heterocycles. The first-order valence-corrected chi connectivity index (χ1v) is 4.59. The Hall–Kier alpha value is -1.59. The summed E-state index contributed by atoms with van der Waals surface area (Å²) in [7, 11) is 1.53. The Bertz CT molecular complexity index is 406. The molecular weight excluding hydrogens is 196 g/mol. The predicted molar refractivity (Wildman–Crippen MR) is 53.9 cm³/mol. The number of hydrogen-bond acceptors (Lipinski definition) is 4. The molecule has 1 atom stereocenters. The maximum Gasteiger partial charge on any atom is 0.267 e. The molecule has 0 radical (unpaired) electrons. The van der Waals surface area contributed by atoms with E-state index in [1.54, 1.807) is 18.2 Å². The van der Waals surface area contributed by atoms with Crippen LogP contribution in [0.15, 0.2) is 18.2 Å². The van der Waals surface area contributed by atoms with Gasteiger partial charge in [0.1, 0.15) is 5.75 Å². The maximum atomic E-state index is 11.4. The summed E-state index contributed by atoms with van der Waals surface area (Å²) in [6, 6.07) is 4.51. The van der Waals surface area contributed by atoms with Gasteiger partial charge in [0.25, 0.3) is 5.91 Å². The van der Waals surface area contributed by atoms with Crippen LogP contribution < -0.4 is 15.5 Å². The van der Waals surface area contributed by atoms with Gasteiger partial charge in [0, 0.05) is 6.07 Å². The van der Waals surface area contributed by atoms with E-state index in [2.05, 4.69) is 0 Å². The number of fused-ring (bicyclic) bond motifs is 1. The highest BCUT2D eigenvalue weighted by Gasteiger charge is 2.29. The molecule has 15 heavy (non-hydrogen) atoms. The monoisotopic (exact) mass is 208 g/mol. The molecule has 5 heteroatoms. The van der Waals surface area contributed by atoms with Crippen molar-refractivity contribution < 1.29 is 14.7 Å². The zero-order valence-electron chi connectivity index (χ0n) is 8.30. The number of hydrogen-bond donors (Lipinski definition) is 2. The second kappa shape index (κ2) is 3.52. The van der Waals surface area contributed by atoms with Crippen molar-refractivity contribution in [1.82, 2.24) is 0 Å². The SMILES string of the molecule is COc1ccc2c(c1)N(O)C(=O)[C@@H](N)C2. The van der Waals surface area contributed by atoms with Gasteiger partial charge in [-0.2, -0.15) is 5.06 Å². The van der Waals surface area contributed by atoms with Crippen LogP contribution in [0.1, 0.15) is 5.56 Å². The van der Waals surface area contributed by atoms with Crippen LogP contribution in [0.25, 0.3) is 0 Å². The number of hydroxylamine groups is 1. The van der Waals surface area contributed by atoms with Crippen molar-refractivity contribution in [1.29, 1.82) is 0 Å². The van der Waals surface area contributed by atoms with Crippen LogP contribution in [0.2, 0.25) is 0 Å². The molecule has 0 fully saturated rings. The van der Waals surface area contributed by atoms with Crippen LogP contribution >= 0.6 is 0 Å². The molecule has 1 aliphatic rings. The molecule has 0 unspecified atom stereocenters. The zero-order valence-corrected chi connectivity index (χ0v) is 8.30. The van der Waals surface area contributed by atoms with Gasteiger partial charge in [-0.25, -0.2) is 0 Å². The van der Waals surface area contributed by atoms with Crippen LogP contribution in [0, 0.1) is 0 Å². The van der Waals surface area contributed by atoms with E-state index in [0.29, 0.717) is 22.9 Å². The minimum Gasteiger partial charge on any atom is -0.497 e. The van der Waals surface area contributed by atoms with Crippen LogP contribution in [-0.4, -0.2) is 24.3 Å². The maximum absolute atomic E-state index is 11.4. The molecule has 0 saturated heterocycles. The number of carbonyl (C=O) groups is 1. The molecule has 3 N–H and O–H groups in total. The Morgan fingerprint density at radius 1 is 1.60 bits per heavy atom. The number of anilines is 1. The molecule has 80 valence electrons. The Labute approximate surface area is 87.0 Å². The fourth-order valence-corrected chi connectivity index (χ4v) is 1.64. The highest BCUT2D eigenvalue weighted by molar-refractivity contribution is 5.98. The number of benzene rings is 1. The molecule has 0 aliphatic carbocycles. The first kappa shape index (κ1) is 9.95. The third-order valence-electron chi connectivity index (χ3n) is 2.49. The van der Waals surface area contributed by atoms with E-state index in [9.17, 15) is 10.0 Å². The molecule has 0 spiro atoms. The van der Waals surface area contributed by atoms with Gasteiger partial charge >= 0.3 is 0 Å². The lowest BCUT2D eigenvalue weighted by Crippen LogP contribution is -2.47. The van der Waals surface area contributed by atoms with Crippen molar-refractivity contribution in [3.63, 3.8) is 0 Å². The predicted octanol–water partition coefficient (Wildman–Crippen LogP) is 0.301. The van der Waals surface area contributed by atoms with Crippen molar-refractivity contribution in [3.05, 3.63) is 23.8 Å². The fourth-order valence-electron chi connectivity index (χ4n) is 1.64. The molecule has 5 nitrogen and oxygen atoms in total. The molecule has 2 rings (SSSR count). The van der Waals surface area contributed by atoms with Gasteiger partial charge in [-0.05, 0) is 18.1 Å². The second-order valence-corrected chi connectivity index (χ2v) is 3.46. The van der Waals surface area contributed by atoms with Crippen LogP contribution in [0.4, 0.5) is 5.69 Å². The number of nitrogens with two attached hydrogens (primary N) is 1. The zero-order chi connectivity index (χ0) is 11.0. The van der Waals surface area contributed by atoms with Gasteiger partial charge in [0.05, 0.1) is 18.8 Å². The van der Waals surface area contributed by atoms with Gasteiger partial charge in [-0.15, -0.1) is 0 Å². The Kier molecular flexibility index (Phi) is 2.34. The van der Waals surface area contributed by atoms with Gasteiger partial charge in [-0.1, -0.05) is 6.07 Å². The minimum atomic E-state index is -0.670. The molecule has 1 aromatic rings. The summed E-state index contributed by atoms with van der Waals surface area (Å²) in [5, 5.41) is 10.2. The summed E-state index contributed by atoms with van der Waals surface area (Å²) >= 11 is 0. The quantitative estimate of drug-likeness (QED) is 0.651. The summed E-state index contributed by atoms with van der Waals surface area (Å²) in [6.45, 7) is 0. The van der Waals surface area contributed by atoms with Crippen molar-refractivity contribution in [2.24, 2.45) is 5.73 Å². The lowest BCUT2D eigenvalue weighted by atomic mass is 9.99. The van der Waals surface area contributed by atoms with E-state index in [1.165, 1.54) is 7.11 Å². The molecular formula is C10H12N2O3. The molecule has 0 saturated carbocycles.